The average molecular weight is 181 g/mol. The summed E-state index contributed by atoms with van der Waals surface area (Å²) in [5.74, 6) is 0.698. The maximum Gasteiger partial charge on any atom is 0.231 e. The lowest BCUT2D eigenvalue weighted by Gasteiger charge is -2.18. The normalized spacial score (nSPS) is 12.5. The molecule has 1 rings (SSSR count). The first-order chi connectivity index (χ1) is 6.16. The third-order valence-corrected chi connectivity index (χ3v) is 2.05. The molecule has 72 valence electrons. The van der Waals surface area contributed by atoms with Gasteiger partial charge in [0.2, 0.25) is 5.91 Å². The molecule has 0 radical (unpaired) electrons. The van der Waals surface area contributed by atoms with Crippen LogP contribution in [-0.4, -0.2) is 24.5 Å². The van der Waals surface area contributed by atoms with E-state index in [1.807, 2.05) is 19.1 Å². The molecule has 0 bridgehead atoms. The second kappa shape index (κ2) is 4.09. The Morgan fingerprint density at radius 1 is 1.77 bits per heavy atom. The van der Waals surface area contributed by atoms with Gasteiger partial charge >= 0.3 is 0 Å². The number of hydrogen-bond donors (Lipinski definition) is 2. The molecule has 4 nitrogen and oxygen atoms in total. The van der Waals surface area contributed by atoms with Crippen molar-refractivity contribution >= 4 is 11.7 Å². The number of amides is 1. The molecule has 0 aliphatic rings. The lowest BCUT2D eigenvalue weighted by molar-refractivity contribution is -0.121. The van der Waals surface area contributed by atoms with E-state index < -0.39 is 0 Å². The van der Waals surface area contributed by atoms with Crippen LogP contribution in [0.15, 0.2) is 18.3 Å². The van der Waals surface area contributed by atoms with Crippen molar-refractivity contribution < 1.29 is 4.79 Å². The molecular weight excluding hydrogens is 166 g/mol. The molecule has 3 N–H and O–H groups in total. The van der Waals surface area contributed by atoms with Crippen LogP contribution in [0, 0.1) is 5.92 Å². The van der Waals surface area contributed by atoms with E-state index in [1.54, 1.807) is 18.1 Å². The summed E-state index contributed by atoms with van der Waals surface area (Å²) < 4.78 is 0. The summed E-state index contributed by atoms with van der Waals surface area (Å²) in [4.78, 5) is 16.1. The summed E-state index contributed by atoms with van der Waals surface area (Å²) in [5, 5.41) is 0. The van der Waals surface area contributed by atoms with Crippen molar-refractivity contribution in [2.75, 3.05) is 18.5 Å². The fourth-order valence-electron chi connectivity index (χ4n) is 1.08. The van der Waals surface area contributed by atoms with Gasteiger partial charge in [0.05, 0.1) is 0 Å². The van der Waals surface area contributed by atoms with Gasteiger partial charge in [0.1, 0.15) is 5.82 Å². The molecule has 0 aliphatic carbocycles. The van der Waals surface area contributed by atoms with Crippen molar-refractivity contribution in [1.82, 2.24) is 4.98 Å². The highest BCUT2D eigenvalue weighted by Gasteiger charge is 2.17. The highest BCUT2D eigenvalue weighted by atomic mass is 16.2. The highest BCUT2D eigenvalue weighted by Crippen LogP contribution is 2.10. The number of hydrogen-bond acceptors (Lipinski definition) is 2. The number of nitrogens with two attached hydrogens (primary N) is 1. The lowest BCUT2D eigenvalue weighted by atomic mass is 10.1. The average Bonchev–Trinajstić information content (AvgIpc) is 2.67. The molecule has 1 unspecified atom stereocenters. The topological polar surface area (TPSA) is 62.1 Å². The van der Waals surface area contributed by atoms with E-state index >= 15 is 0 Å². The van der Waals surface area contributed by atoms with E-state index in [4.69, 9.17) is 5.73 Å². The van der Waals surface area contributed by atoms with Crippen LogP contribution in [0.5, 0.6) is 0 Å². The quantitative estimate of drug-likeness (QED) is 0.716. The van der Waals surface area contributed by atoms with Gasteiger partial charge in [-0.15, -0.1) is 0 Å². The summed E-state index contributed by atoms with van der Waals surface area (Å²) >= 11 is 0. The van der Waals surface area contributed by atoms with Crippen LogP contribution in [0.3, 0.4) is 0 Å². The van der Waals surface area contributed by atoms with Gasteiger partial charge in [0, 0.05) is 25.7 Å². The summed E-state index contributed by atoms with van der Waals surface area (Å²) in [6.07, 6.45) is 1.78. The SMILES string of the molecule is CC(CN)C(=O)N(C)c1ccc[nH]1. The number of carbonyl (C=O) groups is 1. The molecule has 0 aliphatic heterocycles. The third kappa shape index (κ3) is 2.09. The first-order valence-corrected chi connectivity index (χ1v) is 4.28. The number of anilines is 1. The number of nitrogens with one attached hydrogen (secondary N) is 1. The summed E-state index contributed by atoms with van der Waals surface area (Å²) in [6.45, 7) is 2.20. The summed E-state index contributed by atoms with van der Waals surface area (Å²) in [6, 6.07) is 3.70. The highest BCUT2D eigenvalue weighted by molar-refractivity contribution is 5.93. The van der Waals surface area contributed by atoms with E-state index in [2.05, 4.69) is 4.98 Å². The zero-order valence-electron chi connectivity index (χ0n) is 7.95. The number of carbonyl (C=O) groups excluding carboxylic acids is 1. The molecular formula is C9H15N3O. The molecule has 0 saturated heterocycles. The molecule has 13 heavy (non-hydrogen) atoms. The van der Waals surface area contributed by atoms with Crippen molar-refractivity contribution in [2.24, 2.45) is 11.7 Å². The second-order valence-corrected chi connectivity index (χ2v) is 3.09. The zero-order valence-corrected chi connectivity index (χ0v) is 7.95. The Hall–Kier alpha value is -1.29. The van der Waals surface area contributed by atoms with Crippen LogP contribution >= 0.6 is 0 Å². The minimum absolute atomic E-state index is 0.0324. The van der Waals surface area contributed by atoms with Crippen LogP contribution in [0.25, 0.3) is 0 Å². The summed E-state index contributed by atoms with van der Waals surface area (Å²) in [5.41, 5.74) is 5.41. The largest absolute Gasteiger partial charge is 0.348 e. The van der Waals surface area contributed by atoms with Crippen LogP contribution < -0.4 is 10.6 Å². The Morgan fingerprint density at radius 2 is 2.46 bits per heavy atom. The van der Waals surface area contributed by atoms with Crippen molar-refractivity contribution in [3.05, 3.63) is 18.3 Å². The van der Waals surface area contributed by atoms with Crippen molar-refractivity contribution in [2.45, 2.75) is 6.92 Å². The van der Waals surface area contributed by atoms with Crippen LogP contribution in [0.4, 0.5) is 5.82 Å². The fourth-order valence-corrected chi connectivity index (χ4v) is 1.08. The van der Waals surface area contributed by atoms with E-state index in [1.165, 1.54) is 0 Å². The molecule has 1 aromatic heterocycles. The van der Waals surface area contributed by atoms with Gasteiger partial charge in [-0.3, -0.25) is 4.79 Å². The van der Waals surface area contributed by atoms with Crippen LogP contribution in [0.2, 0.25) is 0 Å². The minimum atomic E-state index is -0.131. The Balaban J connectivity index is 2.68. The smallest absolute Gasteiger partial charge is 0.231 e. The van der Waals surface area contributed by atoms with Gasteiger partial charge in [-0.1, -0.05) is 6.92 Å². The number of rotatable bonds is 3. The van der Waals surface area contributed by atoms with Gasteiger partial charge in [-0.25, -0.2) is 0 Å². The van der Waals surface area contributed by atoms with Crippen LogP contribution in [0.1, 0.15) is 6.92 Å². The molecule has 0 aromatic carbocycles. The Morgan fingerprint density at radius 3 is 2.92 bits per heavy atom. The monoisotopic (exact) mass is 181 g/mol. The molecule has 1 amide bonds. The van der Waals surface area contributed by atoms with Gasteiger partial charge in [0.25, 0.3) is 0 Å². The molecule has 0 fully saturated rings. The zero-order chi connectivity index (χ0) is 9.84. The van der Waals surface area contributed by atoms with Gasteiger partial charge in [0.15, 0.2) is 0 Å². The molecule has 0 spiro atoms. The Bertz CT molecular complexity index is 268. The molecule has 1 atom stereocenters. The lowest BCUT2D eigenvalue weighted by Crippen LogP contribution is -2.35. The standard InChI is InChI=1S/C9H15N3O/c1-7(6-10)9(13)12(2)8-4-3-5-11-8/h3-5,7,11H,6,10H2,1-2H3. The first kappa shape index (κ1) is 9.80. The maximum absolute atomic E-state index is 11.6. The molecule has 1 aromatic rings. The van der Waals surface area contributed by atoms with E-state index in [0.717, 1.165) is 5.82 Å². The van der Waals surface area contributed by atoms with Gasteiger partial charge < -0.3 is 15.6 Å². The van der Waals surface area contributed by atoms with Crippen LogP contribution in [-0.2, 0) is 4.79 Å². The number of aromatic nitrogens is 1. The summed E-state index contributed by atoms with van der Waals surface area (Å²) in [7, 11) is 1.74. The fraction of sp³-hybridized carbons (Fsp3) is 0.444. The van der Waals surface area contributed by atoms with Crippen molar-refractivity contribution in [1.29, 1.82) is 0 Å². The maximum atomic E-state index is 11.6. The molecule has 4 heteroatoms. The van der Waals surface area contributed by atoms with Crippen molar-refractivity contribution in [3.63, 3.8) is 0 Å². The van der Waals surface area contributed by atoms with E-state index in [-0.39, 0.29) is 11.8 Å². The van der Waals surface area contributed by atoms with Gasteiger partial charge in [-0.2, -0.15) is 0 Å². The molecule has 0 saturated carbocycles. The first-order valence-electron chi connectivity index (χ1n) is 4.28. The third-order valence-electron chi connectivity index (χ3n) is 2.05. The minimum Gasteiger partial charge on any atom is -0.348 e. The predicted molar refractivity (Wildman–Crippen MR) is 52.4 cm³/mol. The van der Waals surface area contributed by atoms with E-state index in [9.17, 15) is 4.79 Å². The predicted octanol–water partition coefficient (Wildman–Crippen LogP) is 0.572. The number of H-pyrrole nitrogens is 1. The van der Waals surface area contributed by atoms with E-state index in [0.29, 0.717) is 6.54 Å². The van der Waals surface area contributed by atoms with Crippen molar-refractivity contribution in [3.8, 4) is 0 Å². The number of aromatic amines is 1. The van der Waals surface area contributed by atoms with Gasteiger partial charge in [-0.05, 0) is 12.1 Å². The second-order valence-electron chi connectivity index (χ2n) is 3.09. The Labute approximate surface area is 77.7 Å². The Kier molecular flexibility index (Phi) is 3.08. The number of nitrogens with zero attached hydrogens (tertiary/aromatic N) is 1. The molecule has 1 heterocycles.